The summed E-state index contributed by atoms with van der Waals surface area (Å²) in [6.07, 6.45) is 1.52. The van der Waals surface area contributed by atoms with Crippen LogP contribution in [0.4, 0.5) is 5.69 Å². The summed E-state index contributed by atoms with van der Waals surface area (Å²) in [6.45, 7) is 3.85. The number of aryl methyl sites for hydroxylation is 1. The quantitative estimate of drug-likeness (QED) is 0.865. The van der Waals surface area contributed by atoms with Crippen molar-refractivity contribution < 1.29 is 9.53 Å². The minimum Gasteiger partial charge on any atom is -0.495 e. The molecule has 0 heterocycles. The lowest BCUT2D eigenvalue weighted by molar-refractivity contribution is -0.117. The van der Waals surface area contributed by atoms with Crippen LogP contribution in [0.5, 0.6) is 5.75 Å². The molecule has 1 aromatic carbocycles. The Morgan fingerprint density at radius 2 is 2.22 bits per heavy atom. The van der Waals surface area contributed by atoms with E-state index in [4.69, 9.17) is 22.1 Å². The van der Waals surface area contributed by atoms with Crippen LogP contribution < -0.4 is 15.8 Å². The number of halogens is 1. The zero-order chi connectivity index (χ0) is 13.7. The first-order valence-electron chi connectivity index (χ1n) is 5.90. The van der Waals surface area contributed by atoms with E-state index in [1.807, 2.05) is 13.8 Å². The third-order valence-electron chi connectivity index (χ3n) is 2.68. The SMILES string of the molecule is CCC[C@@H](N)C(=O)Nc1cc(C)c(Cl)cc1OC. The number of hydrogen-bond acceptors (Lipinski definition) is 3. The van der Waals surface area contributed by atoms with Crippen molar-refractivity contribution in [1.82, 2.24) is 0 Å². The number of rotatable bonds is 5. The van der Waals surface area contributed by atoms with E-state index < -0.39 is 6.04 Å². The predicted octanol–water partition coefficient (Wildman–Crippen LogP) is 2.72. The molecule has 3 N–H and O–H groups in total. The number of anilines is 1. The van der Waals surface area contributed by atoms with Crippen molar-refractivity contribution in [2.75, 3.05) is 12.4 Å². The van der Waals surface area contributed by atoms with Crippen LogP contribution in [0.1, 0.15) is 25.3 Å². The van der Waals surface area contributed by atoms with Crippen molar-refractivity contribution in [2.24, 2.45) is 5.73 Å². The van der Waals surface area contributed by atoms with E-state index in [2.05, 4.69) is 5.32 Å². The molecule has 4 nitrogen and oxygen atoms in total. The summed E-state index contributed by atoms with van der Waals surface area (Å²) in [5, 5.41) is 3.37. The van der Waals surface area contributed by atoms with Gasteiger partial charge in [0.2, 0.25) is 5.91 Å². The van der Waals surface area contributed by atoms with E-state index in [0.717, 1.165) is 12.0 Å². The van der Waals surface area contributed by atoms with Crippen molar-refractivity contribution in [2.45, 2.75) is 32.7 Å². The summed E-state index contributed by atoms with van der Waals surface area (Å²) in [6, 6.07) is 2.95. The predicted molar refractivity (Wildman–Crippen MR) is 74.3 cm³/mol. The van der Waals surface area contributed by atoms with Gasteiger partial charge in [-0.2, -0.15) is 0 Å². The molecule has 1 atom stereocenters. The highest BCUT2D eigenvalue weighted by atomic mass is 35.5. The van der Waals surface area contributed by atoms with Gasteiger partial charge < -0.3 is 15.8 Å². The van der Waals surface area contributed by atoms with Crippen molar-refractivity contribution in [1.29, 1.82) is 0 Å². The minimum absolute atomic E-state index is 0.211. The first-order chi connectivity index (χ1) is 8.49. The smallest absolute Gasteiger partial charge is 0.241 e. The molecule has 0 radical (unpaired) electrons. The Morgan fingerprint density at radius 1 is 1.56 bits per heavy atom. The number of ether oxygens (including phenoxy) is 1. The van der Waals surface area contributed by atoms with Crippen molar-refractivity contribution in [3.05, 3.63) is 22.7 Å². The standard InChI is InChI=1S/C13H19ClN2O2/c1-4-5-10(15)13(17)16-11-6-8(2)9(14)7-12(11)18-3/h6-7,10H,4-5,15H2,1-3H3,(H,16,17)/t10-/m1/s1. The van der Waals surface area contributed by atoms with E-state index in [1.165, 1.54) is 7.11 Å². The maximum absolute atomic E-state index is 11.8. The second-order valence-corrected chi connectivity index (χ2v) is 4.59. The molecule has 0 bridgehead atoms. The fraction of sp³-hybridized carbons (Fsp3) is 0.462. The largest absolute Gasteiger partial charge is 0.495 e. The summed E-state index contributed by atoms with van der Waals surface area (Å²) >= 11 is 6.00. The van der Waals surface area contributed by atoms with Crippen LogP contribution >= 0.6 is 11.6 Å². The number of hydrogen-bond donors (Lipinski definition) is 2. The fourth-order valence-corrected chi connectivity index (χ4v) is 1.75. The van der Waals surface area contributed by atoms with Gasteiger partial charge in [0.15, 0.2) is 0 Å². The van der Waals surface area contributed by atoms with Crippen LogP contribution in [0.15, 0.2) is 12.1 Å². The molecular formula is C13H19ClN2O2. The van der Waals surface area contributed by atoms with Gasteiger partial charge >= 0.3 is 0 Å². The van der Waals surface area contributed by atoms with E-state index in [9.17, 15) is 4.79 Å². The molecule has 1 aromatic rings. The van der Waals surface area contributed by atoms with Crippen LogP contribution in [-0.2, 0) is 4.79 Å². The lowest BCUT2D eigenvalue weighted by Crippen LogP contribution is -2.35. The molecular weight excluding hydrogens is 252 g/mol. The molecule has 0 saturated carbocycles. The van der Waals surface area contributed by atoms with Gasteiger partial charge in [-0.05, 0) is 25.0 Å². The number of nitrogens with two attached hydrogens (primary N) is 1. The second-order valence-electron chi connectivity index (χ2n) is 4.19. The molecule has 100 valence electrons. The maximum atomic E-state index is 11.8. The van der Waals surface area contributed by atoms with Crippen LogP contribution in [0.3, 0.4) is 0 Å². The molecule has 18 heavy (non-hydrogen) atoms. The number of nitrogens with one attached hydrogen (secondary N) is 1. The summed E-state index contributed by atoms with van der Waals surface area (Å²) in [4.78, 5) is 11.8. The van der Waals surface area contributed by atoms with Gasteiger partial charge in [0.1, 0.15) is 5.75 Å². The van der Waals surface area contributed by atoms with Gasteiger partial charge in [-0.15, -0.1) is 0 Å². The highest BCUT2D eigenvalue weighted by Crippen LogP contribution is 2.30. The number of carbonyl (C=O) groups excluding carboxylic acids is 1. The molecule has 1 rings (SSSR count). The first kappa shape index (κ1) is 14.8. The monoisotopic (exact) mass is 270 g/mol. The van der Waals surface area contributed by atoms with E-state index in [1.54, 1.807) is 12.1 Å². The third kappa shape index (κ3) is 3.62. The summed E-state index contributed by atoms with van der Waals surface area (Å²) < 4.78 is 5.18. The Labute approximate surface area is 112 Å². The molecule has 0 saturated heterocycles. The Balaban J connectivity index is 2.90. The number of amides is 1. The summed E-state index contributed by atoms with van der Waals surface area (Å²) in [7, 11) is 1.53. The number of methoxy groups -OCH3 is 1. The highest BCUT2D eigenvalue weighted by molar-refractivity contribution is 6.31. The molecule has 0 spiro atoms. The molecule has 5 heteroatoms. The lowest BCUT2D eigenvalue weighted by Gasteiger charge is -2.15. The molecule has 0 aromatic heterocycles. The Bertz CT molecular complexity index is 435. The van der Waals surface area contributed by atoms with E-state index in [0.29, 0.717) is 22.9 Å². The van der Waals surface area contributed by atoms with Gasteiger partial charge in [0.05, 0.1) is 18.8 Å². The highest BCUT2D eigenvalue weighted by Gasteiger charge is 2.15. The van der Waals surface area contributed by atoms with Crippen molar-refractivity contribution in [3.63, 3.8) is 0 Å². The first-order valence-corrected chi connectivity index (χ1v) is 6.28. The number of carbonyl (C=O) groups is 1. The van der Waals surface area contributed by atoms with Crippen molar-refractivity contribution >= 4 is 23.2 Å². The minimum atomic E-state index is -0.504. The molecule has 0 unspecified atom stereocenters. The normalized spacial score (nSPS) is 12.1. The Hall–Kier alpha value is -1.26. The molecule has 0 aliphatic rings. The van der Waals surface area contributed by atoms with Crippen LogP contribution in [0.2, 0.25) is 5.02 Å². The molecule has 0 aliphatic heterocycles. The van der Waals surface area contributed by atoms with E-state index in [-0.39, 0.29) is 5.91 Å². The van der Waals surface area contributed by atoms with Crippen molar-refractivity contribution in [3.8, 4) is 5.75 Å². The van der Waals surface area contributed by atoms with Crippen LogP contribution in [0, 0.1) is 6.92 Å². The van der Waals surface area contributed by atoms with E-state index >= 15 is 0 Å². The Kier molecular flexibility index (Phi) is 5.44. The molecule has 0 aliphatic carbocycles. The maximum Gasteiger partial charge on any atom is 0.241 e. The fourth-order valence-electron chi connectivity index (χ4n) is 1.60. The topological polar surface area (TPSA) is 64.4 Å². The lowest BCUT2D eigenvalue weighted by atomic mass is 10.1. The van der Waals surface area contributed by atoms with Gasteiger partial charge in [0, 0.05) is 11.1 Å². The third-order valence-corrected chi connectivity index (χ3v) is 3.08. The molecule has 1 amide bonds. The second kappa shape index (κ2) is 6.61. The zero-order valence-corrected chi connectivity index (χ0v) is 11.7. The summed E-state index contributed by atoms with van der Waals surface area (Å²) in [5.74, 6) is 0.319. The van der Waals surface area contributed by atoms with Gasteiger partial charge in [-0.3, -0.25) is 4.79 Å². The van der Waals surface area contributed by atoms with Gasteiger partial charge in [-0.25, -0.2) is 0 Å². The average molecular weight is 271 g/mol. The molecule has 0 fully saturated rings. The van der Waals surface area contributed by atoms with Crippen LogP contribution in [-0.4, -0.2) is 19.1 Å². The average Bonchev–Trinajstić information content (AvgIpc) is 2.33. The van der Waals surface area contributed by atoms with Gasteiger partial charge in [0.25, 0.3) is 0 Å². The van der Waals surface area contributed by atoms with Gasteiger partial charge in [-0.1, -0.05) is 24.9 Å². The van der Waals surface area contributed by atoms with Crippen LogP contribution in [0.25, 0.3) is 0 Å². The summed E-state index contributed by atoms with van der Waals surface area (Å²) in [5.41, 5.74) is 7.22. The zero-order valence-electron chi connectivity index (χ0n) is 10.9. The Morgan fingerprint density at radius 3 is 2.78 bits per heavy atom. The number of benzene rings is 1.